The summed E-state index contributed by atoms with van der Waals surface area (Å²) in [5.74, 6) is -0.164. The Morgan fingerprint density at radius 3 is 1.46 bits per heavy atom. The minimum Gasteiger partial charge on any atom is -0.426 e. The molecule has 0 heterocycles. The summed E-state index contributed by atoms with van der Waals surface area (Å²) in [6, 6.07) is 6.41. The fraction of sp³-hybridized carbons (Fsp3) is 0.667. The van der Waals surface area contributed by atoms with E-state index in [0.717, 1.165) is 99.3 Å². The highest BCUT2D eigenvalue weighted by Crippen LogP contribution is 2.49. The highest BCUT2D eigenvalue weighted by Gasteiger charge is 2.46. The van der Waals surface area contributed by atoms with Gasteiger partial charge >= 0.3 is 11.9 Å². The van der Waals surface area contributed by atoms with Crippen LogP contribution in [0.1, 0.15) is 152 Å². The molecule has 2 aromatic carbocycles. The van der Waals surface area contributed by atoms with Crippen LogP contribution in [0.5, 0.6) is 11.5 Å². The minimum absolute atomic E-state index is 0.0253. The van der Waals surface area contributed by atoms with E-state index in [1.165, 1.54) is 25.0 Å². The van der Waals surface area contributed by atoms with Crippen molar-refractivity contribution in [3.05, 3.63) is 58.2 Å². The molecule has 4 aliphatic rings. The molecule has 0 spiro atoms. The van der Waals surface area contributed by atoms with E-state index in [2.05, 4.69) is 13.8 Å². The van der Waals surface area contributed by atoms with E-state index in [1.807, 2.05) is 12.1 Å². The molecule has 6 atom stereocenters. The Bertz CT molecular complexity index is 1430. The summed E-state index contributed by atoms with van der Waals surface area (Å²) in [6.07, 6.45) is 17.5. The fourth-order valence-corrected chi connectivity index (χ4v) is 9.88. The van der Waals surface area contributed by atoms with Crippen molar-refractivity contribution in [3.8, 4) is 11.5 Å². The maximum atomic E-state index is 15.3. The van der Waals surface area contributed by atoms with Crippen molar-refractivity contribution in [1.82, 2.24) is 0 Å². The molecule has 0 aliphatic heterocycles. The van der Waals surface area contributed by atoms with Crippen LogP contribution in [0, 0.1) is 23.5 Å². The first-order chi connectivity index (χ1) is 24.0. The molecule has 0 radical (unpaired) electrons. The number of benzene rings is 2. The van der Waals surface area contributed by atoms with Crippen molar-refractivity contribution in [2.24, 2.45) is 23.3 Å². The highest BCUT2D eigenvalue weighted by atomic mass is 19.1. The molecule has 2 aromatic rings. The van der Waals surface area contributed by atoms with E-state index in [9.17, 15) is 9.59 Å². The molecule has 4 N–H and O–H groups in total. The van der Waals surface area contributed by atoms with E-state index in [4.69, 9.17) is 20.9 Å². The largest absolute Gasteiger partial charge is 0.426 e. The monoisotopic (exact) mass is 692 g/mol. The average Bonchev–Trinajstić information content (AvgIpc) is 3.07. The van der Waals surface area contributed by atoms with Gasteiger partial charge in [0.25, 0.3) is 0 Å². The lowest BCUT2D eigenvalue weighted by Crippen LogP contribution is -2.53. The molecular formula is C42H58F2N2O4. The number of esters is 2. The molecule has 0 aromatic heterocycles. The number of rotatable bonds is 11. The van der Waals surface area contributed by atoms with Gasteiger partial charge in [0.05, 0.1) is 0 Å². The molecule has 4 bridgehead atoms. The summed E-state index contributed by atoms with van der Waals surface area (Å²) >= 11 is 0. The summed E-state index contributed by atoms with van der Waals surface area (Å²) in [4.78, 5) is 25.4. The van der Waals surface area contributed by atoms with Crippen LogP contribution < -0.4 is 20.9 Å². The molecule has 4 aliphatic carbocycles. The zero-order valence-electron chi connectivity index (χ0n) is 30.3. The van der Waals surface area contributed by atoms with Gasteiger partial charge in [0.15, 0.2) is 0 Å². The standard InChI is InChI=1S/C42H58F2N2O4/c1-41-19-13-7-9-15-27(39(41)45)21-31-33(41)23-29(25-35(31)43)49-37(47)17-11-5-3-4-6-12-18-38(48)50-30-24-34-32(36(44)26-30)22-28-16-10-8-14-20-42(34,2)40(28)46/h23-28,39-40H,3-22,45-46H2,1-2H3/t27?,28?,39-,40-,41+,42+/m0/s1. The van der Waals surface area contributed by atoms with Gasteiger partial charge < -0.3 is 20.9 Å². The Morgan fingerprint density at radius 2 is 1.04 bits per heavy atom. The molecule has 2 saturated carbocycles. The summed E-state index contributed by atoms with van der Waals surface area (Å²) in [7, 11) is 0. The lowest BCUT2D eigenvalue weighted by Gasteiger charge is -2.47. The van der Waals surface area contributed by atoms with Crippen LogP contribution >= 0.6 is 0 Å². The van der Waals surface area contributed by atoms with Gasteiger partial charge in [0, 0.05) is 47.9 Å². The maximum Gasteiger partial charge on any atom is 0.311 e. The molecule has 6 nitrogen and oxygen atoms in total. The van der Waals surface area contributed by atoms with Crippen LogP contribution in [0.15, 0.2) is 24.3 Å². The van der Waals surface area contributed by atoms with Gasteiger partial charge in [-0.2, -0.15) is 0 Å². The third-order valence-electron chi connectivity index (χ3n) is 13.0. The first-order valence-electron chi connectivity index (χ1n) is 19.6. The van der Waals surface area contributed by atoms with E-state index in [1.54, 1.807) is 0 Å². The number of hydrogen-bond acceptors (Lipinski definition) is 6. The first kappa shape index (κ1) is 36.9. The molecule has 0 saturated heterocycles. The van der Waals surface area contributed by atoms with Gasteiger partial charge in [-0.25, -0.2) is 8.78 Å². The normalized spacial score (nSPS) is 29.0. The van der Waals surface area contributed by atoms with E-state index < -0.39 is 0 Å². The van der Waals surface area contributed by atoms with Crippen LogP contribution in [-0.2, 0) is 33.3 Å². The van der Waals surface area contributed by atoms with Crippen molar-refractivity contribution >= 4 is 11.9 Å². The number of unbranched alkanes of at least 4 members (excludes halogenated alkanes) is 5. The SMILES string of the molecule is C[C@@]12CCCCCC(Cc3c(F)cc(OC(=O)CCCCCCCCC(=O)Oc4cc(F)c5c(c4)[C@@]4(C)CCCCCC(C5)[C@@H]4N)cc31)[C@@H]2N. The third-order valence-corrected chi connectivity index (χ3v) is 13.0. The summed E-state index contributed by atoms with van der Waals surface area (Å²) in [5.41, 5.74) is 16.2. The number of fused-ring (bicyclic) bond motifs is 8. The van der Waals surface area contributed by atoms with Crippen molar-refractivity contribution in [2.75, 3.05) is 0 Å². The number of ether oxygens (including phenoxy) is 2. The van der Waals surface area contributed by atoms with E-state index in [-0.39, 0.29) is 82.7 Å². The quantitative estimate of drug-likeness (QED) is 0.138. The summed E-state index contributed by atoms with van der Waals surface area (Å²) in [6.45, 7) is 4.31. The van der Waals surface area contributed by atoms with Crippen molar-refractivity contribution in [3.63, 3.8) is 0 Å². The van der Waals surface area contributed by atoms with Crippen LogP contribution in [0.3, 0.4) is 0 Å². The summed E-state index contributed by atoms with van der Waals surface area (Å²) in [5, 5.41) is 0. The fourth-order valence-electron chi connectivity index (χ4n) is 9.88. The molecule has 2 unspecified atom stereocenters. The third kappa shape index (κ3) is 7.81. The molecule has 50 heavy (non-hydrogen) atoms. The zero-order chi connectivity index (χ0) is 35.5. The predicted molar refractivity (Wildman–Crippen MR) is 192 cm³/mol. The smallest absolute Gasteiger partial charge is 0.311 e. The Kier molecular flexibility index (Phi) is 11.7. The Balaban J connectivity index is 0.909. The lowest BCUT2D eigenvalue weighted by atomic mass is 9.60. The van der Waals surface area contributed by atoms with E-state index in [0.29, 0.717) is 25.7 Å². The second-order valence-corrected chi connectivity index (χ2v) is 16.4. The van der Waals surface area contributed by atoms with Crippen molar-refractivity contribution in [1.29, 1.82) is 0 Å². The van der Waals surface area contributed by atoms with Crippen LogP contribution in [0.25, 0.3) is 0 Å². The zero-order valence-corrected chi connectivity index (χ0v) is 30.3. The Hall–Kier alpha value is -2.84. The Labute approximate surface area is 297 Å². The Morgan fingerprint density at radius 1 is 0.640 bits per heavy atom. The van der Waals surface area contributed by atoms with Gasteiger partial charge in [0.1, 0.15) is 23.1 Å². The first-order valence-corrected chi connectivity index (χ1v) is 19.6. The molecule has 2 fully saturated rings. The van der Waals surface area contributed by atoms with Gasteiger partial charge in [0.2, 0.25) is 0 Å². The molecule has 6 rings (SSSR count). The predicted octanol–water partition coefficient (Wildman–Crippen LogP) is 9.04. The molecule has 8 heteroatoms. The molecule has 274 valence electrons. The minimum atomic E-state index is -0.350. The maximum absolute atomic E-state index is 15.3. The number of carbonyl (C=O) groups is 2. The topological polar surface area (TPSA) is 105 Å². The number of carbonyl (C=O) groups excluding carboxylic acids is 2. The van der Waals surface area contributed by atoms with Crippen molar-refractivity contribution in [2.45, 2.75) is 165 Å². The van der Waals surface area contributed by atoms with Gasteiger partial charge in [-0.15, -0.1) is 0 Å². The second-order valence-electron chi connectivity index (χ2n) is 16.4. The number of hydrogen-bond donors (Lipinski definition) is 2. The summed E-state index contributed by atoms with van der Waals surface area (Å²) < 4.78 is 41.9. The highest BCUT2D eigenvalue weighted by molar-refractivity contribution is 5.73. The van der Waals surface area contributed by atoms with Gasteiger partial charge in [-0.3, -0.25) is 9.59 Å². The average molecular weight is 693 g/mol. The molecule has 0 amide bonds. The van der Waals surface area contributed by atoms with Crippen LogP contribution in [0.2, 0.25) is 0 Å². The van der Waals surface area contributed by atoms with Gasteiger partial charge in [-0.1, -0.05) is 78.1 Å². The molecular weight excluding hydrogens is 634 g/mol. The lowest BCUT2D eigenvalue weighted by molar-refractivity contribution is -0.135. The number of nitrogens with two attached hydrogens (primary N) is 2. The second kappa shape index (κ2) is 15.8. The van der Waals surface area contributed by atoms with Crippen molar-refractivity contribution < 1.29 is 27.8 Å². The van der Waals surface area contributed by atoms with Crippen LogP contribution in [0.4, 0.5) is 8.78 Å². The van der Waals surface area contributed by atoms with Crippen LogP contribution in [-0.4, -0.2) is 24.0 Å². The number of halogens is 2. The van der Waals surface area contributed by atoms with Gasteiger partial charge in [-0.05, 0) is 97.6 Å². The van der Waals surface area contributed by atoms with E-state index >= 15 is 8.78 Å².